The van der Waals surface area contributed by atoms with E-state index < -0.39 is 0 Å². The Bertz CT molecular complexity index is 1010. The van der Waals surface area contributed by atoms with Gasteiger partial charge < -0.3 is 9.40 Å². The minimum atomic E-state index is 0. The molecule has 0 spiro atoms. The lowest BCUT2D eigenvalue weighted by Gasteiger charge is -1.81. The smallest absolute Gasteiger partial charge is 0.181 e. The molecular formula is C24H28N4OS. The SMILES string of the molecule is C.C.C.c1ccc2[nH]cnc2c1.c1ccc2ocnc2c1.c1ccc2scnc2c1. The number of H-pyrrole nitrogens is 1. The third-order valence-electron chi connectivity index (χ3n) is 3.80. The van der Waals surface area contributed by atoms with Crippen molar-refractivity contribution >= 4 is 43.7 Å². The number of para-hydroxylation sites is 5. The van der Waals surface area contributed by atoms with Gasteiger partial charge in [0.2, 0.25) is 0 Å². The molecular weight excluding hydrogens is 392 g/mol. The first-order chi connectivity index (χ1) is 13.4. The fourth-order valence-corrected chi connectivity index (χ4v) is 3.16. The van der Waals surface area contributed by atoms with Gasteiger partial charge in [-0.1, -0.05) is 58.7 Å². The second kappa shape index (κ2) is 12.1. The number of aromatic nitrogens is 4. The van der Waals surface area contributed by atoms with Gasteiger partial charge in [-0.3, -0.25) is 0 Å². The predicted octanol–water partition coefficient (Wildman–Crippen LogP) is 7.60. The lowest BCUT2D eigenvalue weighted by Crippen LogP contribution is -1.63. The number of nitrogens with one attached hydrogen (secondary N) is 1. The number of fused-ring (bicyclic) bond motifs is 3. The van der Waals surface area contributed by atoms with Gasteiger partial charge in [0.1, 0.15) is 5.52 Å². The lowest BCUT2D eigenvalue weighted by molar-refractivity contribution is 0.602. The molecule has 0 aliphatic rings. The number of aromatic amines is 1. The number of benzene rings is 3. The fraction of sp³-hybridized carbons (Fsp3) is 0.125. The second-order valence-electron chi connectivity index (χ2n) is 5.56. The zero-order valence-electron chi connectivity index (χ0n) is 14.3. The molecule has 0 aliphatic carbocycles. The summed E-state index contributed by atoms with van der Waals surface area (Å²) in [6.45, 7) is 0. The molecule has 0 fully saturated rings. The molecule has 1 N–H and O–H groups in total. The topological polar surface area (TPSA) is 67.6 Å². The highest BCUT2D eigenvalue weighted by Gasteiger charge is 1.91. The molecule has 0 unspecified atom stereocenters. The standard InChI is InChI=1S/C7H6N2.C7H5NO.C7H5NS.3CH4/c3*1-2-4-7-6(3-1)8-5-9-7;;;/h1-5H,(H,8,9);2*1-5H;3*1H4. The molecule has 3 heterocycles. The van der Waals surface area contributed by atoms with Crippen molar-refractivity contribution < 1.29 is 4.42 Å². The number of thiazole rings is 1. The highest BCUT2D eigenvalue weighted by molar-refractivity contribution is 7.16. The minimum Gasteiger partial charge on any atom is -0.443 e. The molecule has 3 aromatic heterocycles. The third-order valence-corrected chi connectivity index (χ3v) is 4.61. The van der Waals surface area contributed by atoms with Crippen LogP contribution in [-0.4, -0.2) is 19.9 Å². The largest absolute Gasteiger partial charge is 0.443 e. The molecule has 0 amide bonds. The highest BCUT2D eigenvalue weighted by Crippen LogP contribution is 2.15. The van der Waals surface area contributed by atoms with Crippen LogP contribution in [-0.2, 0) is 0 Å². The van der Waals surface area contributed by atoms with E-state index in [1.807, 2.05) is 72.2 Å². The average molecular weight is 421 g/mol. The van der Waals surface area contributed by atoms with Crippen molar-refractivity contribution in [3.8, 4) is 0 Å². The molecule has 0 bridgehead atoms. The molecule has 0 aliphatic heterocycles. The maximum absolute atomic E-state index is 5.01. The molecule has 0 atom stereocenters. The van der Waals surface area contributed by atoms with Crippen molar-refractivity contribution in [1.82, 2.24) is 19.9 Å². The summed E-state index contributed by atoms with van der Waals surface area (Å²) >= 11 is 1.68. The van der Waals surface area contributed by atoms with E-state index in [0.29, 0.717) is 0 Å². The minimum absolute atomic E-state index is 0. The van der Waals surface area contributed by atoms with Gasteiger partial charge >= 0.3 is 0 Å². The van der Waals surface area contributed by atoms with Crippen molar-refractivity contribution in [1.29, 1.82) is 0 Å². The quantitative estimate of drug-likeness (QED) is 0.275. The summed E-state index contributed by atoms with van der Waals surface area (Å²) in [4.78, 5) is 15.2. The third kappa shape index (κ3) is 5.99. The van der Waals surface area contributed by atoms with Gasteiger partial charge in [0.05, 0.1) is 33.1 Å². The molecule has 6 heteroatoms. The summed E-state index contributed by atoms with van der Waals surface area (Å²) in [5.41, 5.74) is 6.84. The summed E-state index contributed by atoms with van der Waals surface area (Å²) in [6.07, 6.45) is 3.15. The van der Waals surface area contributed by atoms with Crippen LogP contribution >= 0.6 is 11.3 Å². The highest BCUT2D eigenvalue weighted by atomic mass is 32.1. The van der Waals surface area contributed by atoms with Gasteiger partial charge in [-0.15, -0.1) is 11.3 Å². The second-order valence-corrected chi connectivity index (χ2v) is 6.45. The van der Waals surface area contributed by atoms with Crippen molar-refractivity contribution in [2.24, 2.45) is 0 Å². The van der Waals surface area contributed by atoms with E-state index in [1.165, 1.54) is 11.1 Å². The van der Waals surface area contributed by atoms with Crippen molar-refractivity contribution in [3.63, 3.8) is 0 Å². The number of hydrogen-bond donors (Lipinski definition) is 1. The van der Waals surface area contributed by atoms with E-state index in [0.717, 1.165) is 27.6 Å². The molecule has 6 aromatic rings. The van der Waals surface area contributed by atoms with Gasteiger partial charge in [-0.2, -0.15) is 0 Å². The van der Waals surface area contributed by atoms with E-state index in [-0.39, 0.29) is 22.3 Å². The first-order valence-electron chi connectivity index (χ1n) is 8.35. The van der Waals surface area contributed by atoms with Gasteiger partial charge in [0.15, 0.2) is 12.0 Å². The number of oxazole rings is 1. The first kappa shape index (κ1) is 24.5. The van der Waals surface area contributed by atoms with Crippen LogP contribution in [0.2, 0.25) is 0 Å². The van der Waals surface area contributed by atoms with Crippen LogP contribution in [0.1, 0.15) is 22.3 Å². The molecule has 6 rings (SSSR count). The Kier molecular flexibility index (Phi) is 9.92. The van der Waals surface area contributed by atoms with E-state index >= 15 is 0 Å². The van der Waals surface area contributed by atoms with Gasteiger partial charge in [-0.05, 0) is 36.4 Å². The Morgan fingerprint density at radius 3 is 2.07 bits per heavy atom. The lowest BCUT2D eigenvalue weighted by atomic mass is 10.3. The van der Waals surface area contributed by atoms with Crippen LogP contribution in [0.4, 0.5) is 0 Å². The van der Waals surface area contributed by atoms with E-state index in [2.05, 4.69) is 26.0 Å². The van der Waals surface area contributed by atoms with Crippen LogP contribution in [0.3, 0.4) is 0 Å². The number of nitrogens with zero attached hydrogens (tertiary/aromatic N) is 3. The van der Waals surface area contributed by atoms with Crippen LogP contribution < -0.4 is 0 Å². The van der Waals surface area contributed by atoms with Crippen LogP contribution in [0, 0.1) is 0 Å². The Morgan fingerprint density at radius 1 is 0.667 bits per heavy atom. The van der Waals surface area contributed by atoms with Crippen molar-refractivity contribution in [2.45, 2.75) is 22.3 Å². The maximum Gasteiger partial charge on any atom is 0.181 e. The molecule has 156 valence electrons. The first-order valence-corrected chi connectivity index (χ1v) is 9.23. The van der Waals surface area contributed by atoms with Gasteiger partial charge in [-0.25, -0.2) is 15.0 Å². The van der Waals surface area contributed by atoms with Crippen molar-refractivity contribution in [3.05, 3.63) is 91.0 Å². The average Bonchev–Trinajstić information content (AvgIpc) is 3.48. The Labute approximate surface area is 181 Å². The predicted molar refractivity (Wildman–Crippen MR) is 130 cm³/mol. The molecule has 0 radical (unpaired) electrons. The zero-order chi connectivity index (χ0) is 18.3. The fourth-order valence-electron chi connectivity index (χ4n) is 2.49. The molecule has 30 heavy (non-hydrogen) atoms. The number of imidazole rings is 1. The van der Waals surface area contributed by atoms with E-state index in [4.69, 9.17) is 4.42 Å². The summed E-state index contributed by atoms with van der Waals surface area (Å²) in [5.74, 6) is 0. The van der Waals surface area contributed by atoms with Crippen molar-refractivity contribution in [2.75, 3.05) is 0 Å². The van der Waals surface area contributed by atoms with Crippen LogP contribution in [0.15, 0.2) is 95.4 Å². The van der Waals surface area contributed by atoms with Crippen LogP contribution in [0.25, 0.3) is 32.3 Å². The summed E-state index contributed by atoms with van der Waals surface area (Å²) in [5, 5.41) is 0. The Balaban J connectivity index is 0.000000214. The van der Waals surface area contributed by atoms with Crippen LogP contribution in [0.5, 0.6) is 0 Å². The number of hydrogen-bond acceptors (Lipinski definition) is 5. The van der Waals surface area contributed by atoms with Gasteiger partial charge in [0.25, 0.3) is 0 Å². The number of rotatable bonds is 0. The molecule has 3 aromatic carbocycles. The van der Waals surface area contributed by atoms with E-state index in [9.17, 15) is 0 Å². The Morgan fingerprint density at radius 2 is 1.33 bits per heavy atom. The summed E-state index contributed by atoms with van der Waals surface area (Å²) in [6, 6.07) is 23.7. The molecule has 0 saturated carbocycles. The summed E-state index contributed by atoms with van der Waals surface area (Å²) < 4.78 is 6.27. The maximum atomic E-state index is 5.01. The molecule has 5 nitrogen and oxygen atoms in total. The molecule has 0 saturated heterocycles. The summed E-state index contributed by atoms with van der Waals surface area (Å²) in [7, 11) is 0. The van der Waals surface area contributed by atoms with Gasteiger partial charge in [0, 0.05) is 0 Å². The van der Waals surface area contributed by atoms with E-state index in [1.54, 1.807) is 17.7 Å². The Hall–Kier alpha value is -3.51. The monoisotopic (exact) mass is 420 g/mol. The zero-order valence-corrected chi connectivity index (χ0v) is 15.1. The normalized spacial score (nSPS) is 9.20.